The highest BCUT2D eigenvalue weighted by molar-refractivity contribution is 5.58. The highest BCUT2D eigenvalue weighted by Gasteiger charge is 1.98. The van der Waals surface area contributed by atoms with Gasteiger partial charge in [0, 0.05) is 6.20 Å². The summed E-state index contributed by atoms with van der Waals surface area (Å²) < 4.78 is 4.89. The molecule has 1 rings (SSSR count). The van der Waals surface area contributed by atoms with Gasteiger partial charge in [-0.05, 0) is 13.0 Å². The van der Waals surface area contributed by atoms with Gasteiger partial charge >= 0.3 is 0 Å². The first-order chi connectivity index (χ1) is 5.88. The third-order valence-electron chi connectivity index (χ3n) is 1.27. The third-order valence-corrected chi connectivity index (χ3v) is 1.27. The van der Waals surface area contributed by atoms with Crippen molar-refractivity contribution in [3.8, 4) is 6.07 Å². The summed E-state index contributed by atoms with van der Waals surface area (Å²) in [7, 11) is 0. The van der Waals surface area contributed by atoms with Gasteiger partial charge in [-0.2, -0.15) is 5.26 Å². The molecule has 1 aromatic rings. The Morgan fingerprint density at radius 1 is 1.83 bits per heavy atom. The summed E-state index contributed by atoms with van der Waals surface area (Å²) in [6.45, 7) is 2.44. The van der Waals surface area contributed by atoms with Crippen LogP contribution in [0.3, 0.4) is 0 Å². The van der Waals surface area contributed by atoms with Crippen LogP contribution in [0.5, 0.6) is 0 Å². The first-order valence-electron chi connectivity index (χ1n) is 3.60. The van der Waals surface area contributed by atoms with Crippen LogP contribution in [0.2, 0.25) is 0 Å². The fraction of sp³-hybridized carbons (Fsp3) is 0.250. The third kappa shape index (κ3) is 1.86. The summed E-state index contributed by atoms with van der Waals surface area (Å²) in [5.74, 6) is 0.533. The number of nitrogens with zero attached hydrogens (tertiary/aromatic N) is 2. The first-order valence-corrected chi connectivity index (χ1v) is 3.60. The van der Waals surface area contributed by atoms with Gasteiger partial charge in [0.05, 0.1) is 12.2 Å². The number of rotatable bonds is 3. The Balaban J connectivity index is 2.69. The molecule has 0 spiro atoms. The maximum absolute atomic E-state index is 8.58. The van der Waals surface area contributed by atoms with E-state index in [2.05, 4.69) is 9.98 Å². The number of hydrogen-bond acceptors (Lipinski definition) is 3. The van der Waals surface area contributed by atoms with Gasteiger partial charge in [0.1, 0.15) is 6.07 Å². The minimum atomic E-state index is 0.519. The normalized spacial score (nSPS) is 10.0. The largest absolute Gasteiger partial charge is 0.483 e. The zero-order valence-corrected chi connectivity index (χ0v) is 6.74. The molecule has 1 heterocycles. The van der Waals surface area contributed by atoms with Gasteiger partial charge in [0.15, 0.2) is 12.2 Å². The van der Waals surface area contributed by atoms with Crippen LogP contribution in [-0.2, 0) is 4.74 Å². The van der Waals surface area contributed by atoms with Gasteiger partial charge in [0.25, 0.3) is 0 Å². The Bertz CT molecular complexity index is 308. The van der Waals surface area contributed by atoms with Crippen LogP contribution >= 0.6 is 0 Å². The highest BCUT2D eigenvalue weighted by Crippen LogP contribution is 2.13. The number of aromatic amines is 1. The number of ether oxygens (including phenoxy) is 1. The number of aliphatic imine (C=N–C) groups is 1. The van der Waals surface area contributed by atoms with Crippen molar-refractivity contribution in [1.29, 1.82) is 5.26 Å². The molecule has 0 aliphatic heterocycles. The van der Waals surface area contributed by atoms with E-state index in [9.17, 15) is 0 Å². The van der Waals surface area contributed by atoms with Crippen molar-refractivity contribution < 1.29 is 4.74 Å². The van der Waals surface area contributed by atoms with Crippen molar-refractivity contribution in [3.63, 3.8) is 0 Å². The van der Waals surface area contributed by atoms with Crippen molar-refractivity contribution in [1.82, 2.24) is 4.98 Å². The lowest BCUT2D eigenvalue weighted by molar-refractivity contribution is 0.344. The number of hydrogen-bond donors (Lipinski definition) is 1. The molecule has 0 atom stereocenters. The molecule has 4 heteroatoms. The van der Waals surface area contributed by atoms with E-state index in [1.54, 1.807) is 12.3 Å². The molecular weight excluding hydrogens is 154 g/mol. The standard InChI is InChI=1S/C8H9N3O/c1-2-12-6-11-8-7(5-9)3-4-10-8/h3-4,6,10H,2H2,1H3. The van der Waals surface area contributed by atoms with Gasteiger partial charge in [-0.1, -0.05) is 0 Å². The van der Waals surface area contributed by atoms with Gasteiger partial charge in [-0.15, -0.1) is 0 Å². The van der Waals surface area contributed by atoms with Gasteiger partial charge in [-0.3, -0.25) is 0 Å². The molecule has 0 fully saturated rings. The maximum Gasteiger partial charge on any atom is 0.176 e. The lowest BCUT2D eigenvalue weighted by Crippen LogP contribution is -1.84. The molecule has 4 nitrogen and oxygen atoms in total. The average molecular weight is 163 g/mol. The molecule has 0 saturated heterocycles. The molecule has 0 amide bonds. The first kappa shape index (κ1) is 8.34. The molecule has 0 aromatic carbocycles. The molecule has 1 aromatic heterocycles. The summed E-state index contributed by atoms with van der Waals surface area (Å²) in [4.78, 5) is 6.72. The van der Waals surface area contributed by atoms with Crippen molar-refractivity contribution in [3.05, 3.63) is 17.8 Å². The molecule has 12 heavy (non-hydrogen) atoms. The summed E-state index contributed by atoms with van der Waals surface area (Å²) in [6, 6.07) is 3.67. The van der Waals surface area contributed by atoms with E-state index in [4.69, 9.17) is 10.00 Å². The number of aromatic nitrogens is 1. The minimum Gasteiger partial charge on any atom is -0.483 e. The van der Waals surface area contributed by atoms with Crippen molar-refractivity contribution in [2.24, 2.45) is 4.99 Å². The van der Waals surface area contributed by atoms with E-state index >= 15 is 0 Å². The molecule has 0 aliphatic carbocycles. The van der Waals surface area contributed by atoms with E-state index in [-0.39, 0.29) is 0 Å². The topological polar surface area (TPSA) is 61.2 Å². The van der Waals surface area contributed by atoms with Crippen molar-refractivity contribution in [2.75, 3.05) is 6.61 Å². The molecule has 0 unspecified atom stereocenters. The van der Waals surface area contributed by atoms with E-state index in [0.29, 0.717) is 18.0 Å². The molecule has 0 aliphatic rings. The fourth-order valence-electron chi connectivity index (χ4n) is 0.722. The number of H-pyrrole nitrogens is 1. The highest BCUT2D eigenvalue weighted by atomic mass is 16.5. The zero-order valence-electron chi connectivity index (χ0n) is 6.74. The summed E-state index contributed by atoms with van der Waals surface area (Å²) in [5, 5.41) is 8.58. The van der Waals surface area contributed by atoms with Crippen LogP contribution in [-0.4, -0.2) is 18.0 Å². The van der Waals surface area contributed by atoms with Crippen LogP contribution in [0.1, 0.15) is 12.5 Å². The lowest BCUT2D eigenvalue weighted by atomic mass is 10.3. The maximum atomic E-state index is 8.58. The molecular formula is C8H9N3O. The van der Waals surface area contributed by atoms with Crippen LogP contribution in [0, 0.1) is 11.3 Å². The molecule has 0 saturated carbocycles. The summed E-state index contributed by atoms with van der Waals surface area (Å²) in [5.41, 5.74) is 0.519. The van der Waals surface area contributed by atoms with Gasteiger partial charge in [-0.25, -0.2) is 4.99 Å². The van der Waals surface area contributed by atoms with Crippen LogP contribution in [0.15, 0.2) is 17.3 Å². The quantitative estimate of drug-likeness (QED) is 0.543. The average Bonchev–Trinajstić information content (AvgIpc) is 2.52. The fourth-order valence-corrected chi connectivity index (χ4v) is 0.722. The van der Waals surface area contributed by atoms with E-state index in [1.165, 1.54) is 6.40 Å². The van der Waals surface area contributed by atoms with Crippen LogP contribution in [0.4, 0.5) is 5.82 Å². The van der Waals surface area contributed by atoms with Gasteiger partial charge < -0.3 is 9.72 Å². The van der Waals surface area contributed by atoms with Crippen molar-refractivity contribution in [2.45, 2.75) is 6.92 Å². The van der Waals surface area contributed by atoms with E-state index < -0.39 is 0 Å². The second kappa shape index (κ2) is 4.19. The monoisotopic (exact) mass is 163 g/mol. The summed E-state index contributed by atoms with van der Waals surface area (Å²) >= 11 is 0. The Morgan fingerprint density at radius 3 is 3.33 bits per heavy atom. The Hall–Kier alpha value is -1.76. The summed E-state index contributed by atoms with van der Waals surface area (Å²) in [6.07, 6.45) is 2.99. The van der Waals surface area contributed by atoms with E-state index in [0.717, 1.165) is 0 Å². The number of nitriles is 1. The lowest BCUT2D eigenvalue weighted by Gasteiger charge is -1.90. The second-order valence-electron chi connectivity index (χ2n) is 2.04. The zero-order chi connectivity index (χ0) is 8.81. The predicted octanol–water partition coefficient (Wildman–Crippen LogP) is 1.58. The van der Waals surface area contributed by atoms with E-state index in [1.807, 2.05) is 13.0 Å². The van der Waals surface area contributed by atoms with Crippen LogP contribution in [0.25, 0.3) is 0 Å². The SMILES string of the molecule is CCOC=Nc1[nH]ccc1C#N. The molecule has 62 valence electrons. The molecule has 1 N–H and O–H groups in total. The van der Waals surface area contributed by atoms with Crippen LogP contribution < -0.4 is 0 Å². The number of nitrogens with one attached hydrogen (secondary N) is 1. The smallest absolute Gasteiger partial charge is 0.176 e. The Labute approximate surface area is 70.5 Å². The minimum absolute atomic E-state index is 0.519. The second-order valence-corrected chi connectivity index (χ2v) is 2.04. The predicted molar refractivity (Wildman–Crippen MR) is 45.3 cm³/mol. The Morgan fingerprint density at radius 2 is 2.67 bits per heavy atom. The van der Waals surface area contributed by atoms with Gasteiger partial charge in [0.2, 0.25) is 0 Å². The molecule has 0 radical (unpaired) electrons. The molecule has 0 bridgehead atoms. The van der Waals surface area contributed by atoms with Crippen molar-refractivity contribution >= 4 is 12.2 Å². The Kier molecular flexibility index (Phi) is 2.91.